The van der Waals surface area contributed by atoms with E-state index >= 15 is 0 Å². The number of anilines is 1. The Morgan fingerprint density at radius 3 is 2.79 bits per heavy atom. The molecule has 0 radical (unpaired) electrons. The second-order valence-corrected chi connectivity index (χ2v) is 9.95. The molecule has 1 heterocycles. The van der Waals surface area contributed by atoms with Gasteiger partial charge in [-0.15, -0.1) is 16.8 Å². The molecule has 174 valence electrons. The Morgan fingerprint density at radius 1 is 1.30 bits per heavy atom. The van der Waals surface area contributed by atoms with Crippen molar-refractivity contribution < 1.29 is 9.53 Å². The summed E-state index contributed by atoms with van der Waals surface area (Å²) in [6, 6.07) is 11.5. The topological polar surface area (TPSA) is 69.0 Å². The smallest absolute Gasteiger partial charge is 0.234 e. The van der Waals surface area contributed by atoms with Crippen LogP contribution < -0.4 is 10.1 Å². The van der Waals surface area contributed by atoms with E-state index < -0.39 is 0 Å². The highest BCUT2D eigenvalue weighted by Gasteiger charge is 2.16. The summed E-state index contributed by atoms with van der Waals surface area (Å²) in [7, 11) is 0. The predicted octanol–water partition coefficient (Wildman–Crippen LogP) is 6.62. The van der Waals surface area contributed by atoms with Crippen molar-refractivity contribution in [3.05, 3.63) is 75.5 Å². The van der Waals surface area contributed by atoms with Crippen molar-refractivity contribution >= 4 is 50.9 Å². The number of aryl methyl sites for hydroxylation is 1. The monoisotopic (exact) mass is 548 g/mol. The lowest BCUT2D eigenvalue weighted by Gasteiger charge is -2.15. The average molecular weight is 550 g/mol. The van der Waals surface area contributed by atoms with Crippen molar-refractivity contribution in [2.75, 3.05) is 11.1 Å². The predicted molar refractivity (Wildman–Crippen MR) is 138 cm³/mol. The van der Waals surface area contributed by atoms with Crippen molar-refractivity contribution in [2.24, 2.45) is 0 Å². The maximum absolute atomic E-state index is 12.4. The molecule has 0 atom stereocenters. The van der Waals surface area contributed by atoms with Crippen LogP contribution in [0.3, 0.4) is 0 Å². The second kappa shape index (κ2) is 11.7. The summed E-state index contributed by atoms with van der Waals surface area (Å²) in [4.78, 5) is 12.4. The number of allylic oxidation sites excluding steroid dienone is 1. The molecule has 9 heteroatoms. The number of aromatic nitrogens is 3. The van der Waals surface area contributed by atoms with Crippen molar-refractivity contribution in [3.8, 4) is 5.75 Å². The van der Waals surface area contributed by atoms with Crippen molar-refractivity contribution in [2.45, 2.75) is 45.0 Å². The molecule has 0 spiro atoms. The van der Waals surface area contributed by atoms with E-state index in [1.807, 2.05) is 17.6 Å². The lowest BCUT2D eigenvalue weighted by molar-refractivity contribution is -0.113. The molecule has 0 saturated heterocycles. The van der Waals surface area contributed by atoms with E-state index in [4.69, 9.17) is 16.3 Å². The van der Waals surface area contributed by atoms with Crippen molar-refractivity contribution in [3.63, 3.8) is 0 Å². The molecule has 0 unspecified atom stereocenters. The molecule has 0 saturated carbocycles. The SMILES string of the molecule is C=CCn1c(COc2cc(C)ccc2C(C)C)nnc1SCC(=O)Nc1ccc(Br)c(Cl)c1. The summed E-state index contributed by atoms with van der Waals surface area (Å²) >= 11 is 10.7. The molecule has 0 aliphatic rings. The van der Waals surface area contributed by atoms with Crippen molar-refractivity contribution in [1.82, 2.24) is 14.8 Å². The standard InChI is InChI=1S/C24H26BrClN4O2S/c1-5-10-30-22(13-32-21-11-16(4)6-8-18(21)15(2)3)28-29-24(30)33-14-23(31)27-17-7-9-19(25)20(26)12-17/h5-9,11-12,15H,1,10,13-14H2,2-4H3,(H,27,31). The van der Waals surface area contributed by atoms with E-state index in [-0.39, 0.29) is 18.3 Å². The minimum Gasteiger partial charge on any atom is -0.485 e. The molecular formula is C24H26BrClN4O2S. The van der Waals surface area contributed by atoms with Crippen LogP contribution in [0.2, 0.25) is 5.02 Å². The fourth-order valence-corrected chi connectivity index (χ4v) is 4.33. The quantitative estimate of drug-likeness (QED) is 0.227. The van der Waals surface area contributed by atoms with Crippen LogP contribution in [0.5, 0.6) is 5.75 Å². The number of hydrogen-bond acceptors (Lipinski definition) is 5. The highest BCUT2D eigenvalue weighted by atomic mass is 79.9. The Hall–Kier alpha value is -2.29. The third-order valence-electron chi connectivity index (χ3n) is 4.79. The van der Waals surface area contributed by atoms with Crippen LogP contribution in [0.1, 0.15) is 36.7 Å². The van der Waals surface area contributed by atoms with Gasteiger partial charge >= 0.3 is 0 Å². The fraction of sp³-hybridized carbons (Fsp3) is 0.292. The molecule has 1 aromatic heterocycles. The van der Waals surface area contributed by atoms with Crippen LogP contribution >= 0.6 is 39.3 Å². The first-order valence-corrected chi connectivity index (χ1v) is 12.6. The van der Waals surface area contributed by atoms with Gasteiger partial charge < -0.3 is 10.1 Å². The first kappa shape index (κ1) is 25.3. The van der Waals surface area contributed by atoms with E-state index in [1.54, 1.807) is 24.3 Å². The van der Waals surface area contributed by atoms with E-state index in [9.17, 15) is 4.79 Å². The fourth-order valence-electron chi connectivity index (χ4n) is 3.13. The van der Waals surface area contributed by atoms with Crippen LogP contribution in [0.15, 0.2) is 58.7 Å². The normalized spacial score (nSPS) is 11.0. The molecule has 1 N–H and O–H groups in total. The molecule has 3 aromatic rings. The summed E-state index contributed by atoms with van der Waals surface area (Å²) in [5.41, 5.74) is 2.92. The Labute approximate surface area is 211 Å². The number of rotatable bonds is 10. The highest BCUT2D eigenvalue weighted by molar-refractivity contribution is 9.10. The number of hydrogen-bond donors (Lipinski definition) is 1. The van der Waals surface area contributed by atoms with E-state index in [0.717, 1.165) is 21.3 Å². The minimum absolute atomic E-state index is 0.161. The number of amides is 1. The zero-order chi connectivity index (χ0) is 24.0. The summed E-state index contributed by atoms with van der Waals surface area (Å²) in [5, 5.41) is 12.6. The third kappa shape index (κ3) is 6.85. The summed E-state index contributed by atoms with van der Waals surface area (Å²) < 4.78 is 8.81. The third-order valence-corrected chi connectivity index (χ3v) is 6.99. The first-order valence-electron chi connectivity index (χ1n) is 10.4. The summed E-state index contributed by atoms with van der Waals surface area (Å²) in [5.74, 6) is 1.88. The Kier molecular flexibility index (Phi) is 9.00. The number of benzene rings is 2. The Balaban J connectivity index is 1.67. The molecule has 0 aliphatic heterocycles. The Morgan fingerprint density at radius 2 is 2.09 bits per heavy atom. The maximum atomic E-state index is 12.4. The minimum atomic E-state index is -0.161. The van der Waals surface area contributed by atoms with Gasteiger partial charge in [0.2, 0.25) is 5.91 Å². The van der Waals surface area contributed by atoms with E-state index in [2.05, 4.69) is 64.0 Å². The summed E-state index contributed by atoms with van der Waals surface area (Å²) in [6.07, 6.45) is 1.77. The lowest BCUT2D eigenvalue weighted by atomic mass is 10.0. The van der Waals surface area contributed by atoms with Crippen molar-refractivity contribution in [1.29, 1.82) is 0 Å². The van der Waals surface area contributed by atoms with Gasteiger partial charge in [-0.2, -0.15) is 0 Å². The molecule has 1 amide bonds. The highest BCUT2D eigenvalue weighted by Crippen LogP contribution is 2.29. The van der Waals surface area contributed by atoms with Crippen LogP contribution in [-0.4, -0.2) is 26.4 Å². The lowest BCUT2D eigenvalue weighted by Crippen LogP contribution is -2.15. The number of ether oxygens (including phenoxy) is 1. The number of nitrogens with zero attached hydrogens (tertiary/aromatic N) is 3. The molecular weight excluding hydrogens is 524 g/mol. The molecule has 0 aliphatic carbocycles. The number of nitrogens with one attached hydrogen (secondary N) is 1. The molecule has 6 nitrogen and oxygen atoms in total. The van der Waals surface area contributed by atoms with Gasteiger partial charge in [-0.1, -0.05) is 55.4 Å². The average Bonchev–Trinajstić information content (AvgIpc) is 3.15. The number of carbonyl (C=O) groups is 1. The van der Waals surface area contributed by atoms with E-state index in [0.29, 0.717) is 34.2 Å². The van der Waals surface area contributed by atoms with Gasteiger partial charge in [0.25, 0.3) is 0 Å². The molecule has 0 bridgehead atoms. The molecule has 3 rings (SSSR count). The zero-order valence-electron chi connectivity index (χ0n) is 18.8. The van der Waals surface area contributed by atoms with Gasteiger partial charge in [0.15, 0.2) is 11.0 Å². The van der Waals surface area contributed by atoms with Crippen LogP contribution in [0, 0.1) is 6.92 Å². The first-order chi connectivity index (χ1) is 15.8. The van der Waals surface area contributed by atoms with Gasteiger partial charge in [0.1, 0.15) is 12.4 Å². The molecule has 0 fully saturated rings. The number of carbonyl (C=O) groups excluding carboxylic acids is 1. The van der Waals surface area contributed by atoms with Gasteiger partial charge in [-0.25, -0.2) is 0 Å². The summed E-state index contributed by atoms with van der Waals surface area (Å²) in [6.45, 7) is 10.9. The maximum Gasteiger partial charge on any atom is 0.234 e. The zero-order valence-corrected chi connectivity index (χ0v) is 21.9. The van der Waals surface area contributed by atoms with Gasteiger partial charge in [-0.3, -0.25) is 9.36 Å². The van der Waals surface area contributed by atoms with Crippen LogP contribution in [0.25, 0.3) is 0 Å². The van der Waals surface area contributed by atoms with E-state index in [1.165, 1.54) is 11.8 Å². The Bertz CT molecular complexity index is 1150. The van der Waals surface area contributed by atoms with Gasteiger partial charge in [-0.05, 0) is 64.2 Å². The second-order valence-electron chi connectivity index (χ2n) is 7.75. The van der Waals surface area contributed by atoms with Gasteiger partial charge in [0.05, 0.1) is 10.8 Å². The largest absolute Gasteiger partial charge is 0.485 e. The molecule has 2 aromatic carbocycles. The number of halogens is 2. The molecule has 33 heavy (non-hydrogen) atoms. The van der Waals surface area contributed by atoms with Crippen LogP contribution in [-0.2, 0) is 17.9 Å². The van der Waals surface area contributed by atoms with Gasteiger partial charge in [0, 0.05) is 16.7 Å². The van der Waals surface area contributed by atoms with Crippen LogP contribution in [0.4, 0.5) is 5.69 Å². The number of thioether (sulfide) groups is 1.